The van der Waals surface area contributed by atoms with Gasteiger partial charge in [-0.3, -0.25) is 4.79 Å². The van der Waals surface area contributed by atoms with Crippen molar-refractivity contribution in [2.45, 2.75) is 51.3 Å². The molecule has 1 amide bonds. The van der Waals surface area contributed by atoms with Gasteiger partial charge in [0.05, 0.1) is 17.8 Å². The van der Waals surface area contributed by atoms with E-state index in [1.165, 1.54) is 5.56 Å². The smallest absolute Gasteiger partial charge is 0.254 e. The molecule has 2 aromatic carbocycles. The van der Waals surface area contributed by atoms with E-state index in [2.05, 4.69) is 42.4 Å². The van der Waals surface area contributed by atoms with Crippen molar-refractivity contribution in [3.63, 3.8) is 0 Å². The fraction of sp³-hybridized carbons (Fsp3) is 0.333. The van der Waals surface area contributed by atoms with Crippen molar-refractivity contribution in [3.8, 4) is 5.69 Å². The Morgan fingerprint density at radius 3 is 2.66 bits per heavy atom. The van der Waals surface area contributed by atoms with Gasteiger partial charge in [-0.05, 0) is 79.1 Å². The number of rotatable bonds is 4. The third-order valence-corrected chi connectivity index (χ3v) is 6.31. The molecule has 1 saturated carbocycles. The van der Waals surface area contributed by atoms with Crippen LogP contribution in [-0.4, -0.2) is 37.8 Å². The maximum absolute atomic E-state index is 13.1. The molecule has 2 aliphatic rings. The predicted molar refractivity (Wildman–Crippen MR) is 111 cm³/mol. The summed E-state index contributed by atoms with van der Waals surface area (Å²) in [6.07, 6.45) is 6.78. The molecule has 1 aliphatic carbocycles. The van der Waals surface area contributed by atoms with Crippen LogP contribution in [0.25, 0.3) is 5.69 Å². The van der Waals surface area contributed by atoms with Gasteiger partial charge in [-0.15, -0.1) is 0 Å². The highest BCUT2D eigenvalue weighted by Gasteiger charge is 2.39. The topological polar surface area (TPSA) is 58.4 Å². The van der Waals surface area contributed by atoms with E-state index in [4.69, 9.17) is 0 Å². The van der Waals surface area contributed by atoms with Crippen LogP contribution in [-0.2, 0) is 13.0 Å². The SMILES string of the molecule is Cc1cc(Cc2ccc(-n3cccn3)cc2)cc2c1CN(C1CCCC1O)C2=O. The second-order valence-corrected chi connectivity index (χ2v) is 8.23. The van der Waals surface area contributed by atoms with Crippen LogP contribution in [0.4, 0.5) is 0 Å². The van der Waals surface area contributed by atoms with Gasteiger partial charge in [-0.1, -0.05) is 18.2 Å². The Morgan fingerprint density at radius 2 is 1.97 bits per heavy atom. The minimum atomic E-state index is -0.388. The van der Waals surface area contributed by atoms with Crippen LogP contribution >= 0.6 is 0 Å². The minimum absolute atomic E-state index is 0.0346. The van der Waals surface area contributed by atoms with E-state index in [9.17, 15) is 9.90 Å². The molecular weight excluding hydrogens is 362 g/mol. The number of carbonyl (C=O) groups excluding carboxylic acids is 1. The van der Waals surface area contributed by atoms with Crippen molar-refractivity contribution in [1.82, 2.24) is 14.7 Å². The van der Waals surface area contributed by atoms with Gasteiger partial charge >= 0.3 is 0 Å². The lowest BCUT2D eigenvalue weighted by molar-refractivity contribution is 0.0479. The Balaban J connectivity index is 1.38. The minimum Gasteiger partial charge on any atom is -0.391 e. The summed E-state index contributed by atoms with van der Waals surface area (Å²) in [6, 6.07) is 14.5. The first-order chi connectivity index (χ1) is 14.1. The number of benzene rings is 2. The maximum Gasteiger partial charge on any atom is 0.254 e. The van der Waals surface area contributed by atoms with Gasteiger partial charge in [-0.2, -0.15) is 5.10 Å². The summed E-state index contributed by atoms with van der Waals surface area (Å²) in [7, 11) is 0. The Kier molecular flexibility index (Phi) is 4.47. The van der Waals surface area contributed by atoms with Crippen molar-refractivity contribution in [2.75, 3.05) is 0 Å². The fourth-order valence-electron chi connectivity index (χ4n) is 4.77. The van der Waals surface area contributed by atoms with Crippen molar-refractivity contribution in [3.05, 3.63) is 82.7 Å². The number of hydrogen-bond acceptors (Lipinski definition) is 3. The van der Waals surface area contributed by atoms with E-state index in [0.717, 1.165) is 53.6 Å². The average molecular weight is 387 g/mol. The number of carbonyl (C=O) groups is 1. The van der Waals surface area contributed by atoms with Crippen LogP contribution in [0.3, 0.4) is 0 Å². The molecular formula is C24H25N3O2. The van der Waals surface area contributed by atoms with Gasteiger partial charge in [0.15, 0.2) is 0 Å². The Hall–Kier alpha value is -2.92. The molecule has 2 heterocycles. The highest BCUT2D eigenvalue weighted by Crippen LogP contribution is 2.34. The van der Waals surface area contributed by atoms with E-state index in [1.807, 2.05) is 27.9 Å². The molecule has 2 unspecified atom stereocenters. The second-order valence-electron chi connectivity index (χ2n) is 8.23. The highest BCUT2D eigenvalue weighted by atomic mass is 16.3. The zero-order chi connectivity index (χ0) is 20.0. The molecule has 2 atom stereocenters. The van der Waals surface area contributed by atoms with Crippen LogP contribution < -0.4 is 0 Å². The Morgan fingerprint density at radius 1 is 1.14 bits per heavy atom. The molecule has 5 rings (SSSR count). The number of hydrogen-bond donors (Lipinski definition) is 1. The third-order valence-electron chi connectivity index (χ3n) is 6.31. The standard InChI is InChI=1S/C24H25N3O2/c1-16-12-18(13-17-6-8-19(9-7-17)27-11-3-10-25-27)14-20-21(16)15-26(24(20)29)22-4-2-5-23(22)28/h3,6-12,14,22-23,28H,2,4-5,13,15H2,1H3. The Labute approximate surface area is 170 Å². The molecule has 0 spiro atoms. The number of aliphatic hydroxyl groups is 1. The number of aromatic nitrogens is 2. The van der Waals surface area contributed by atoms with E-state index in [-0.39, 0.29) is 18.1 Å². The second kappa shape index (κ2) is 7.16. The normalized spacial score (nSPS) is 21.0. The molecule has 0 bridgehead atoms. The monoisotopic (exact) mass is 387 g/mol. The first-order valence-electron chi connectivity index (χ1n) is 10.3. The summed E-state index contributed by atoms with van der Waals surface area (Å²) < 4.78 is 1.84. The quantitative estimate of drug-likeness (QED) is 0.744. The highest BCUT2D eigenvalue weighted by molar-refractivity contribution is 5.99. The zero-order valence-corrected chi connectivity index (χ0v) is 16.6. The van der Waals surface area contributed by atoms with Crippen molar-refractivity contribution >= 4 is 5.91 Å². The first-order valence-corrected chi connectivity index (χ1v) is 10.3. The van der Waals surface area contributed by atoms with Gasteiger partial charge in [0.2, 0.25) is 0 Å². The summed E-state index contributed by atoms with van der Waals surface area (Å²) in [5.74, 6) is 0.0740. The van der Waals surface area contributed by atoms with Gasteiger partial charge in [0.1, 0.15) is 0 Å². The largest absolute Gasteiger partial charge is 0.391 e. The molecule has 1 aromatic heterocycles. The summed E-state index contributed by atoms with van der Waals surface area (Å²) in [4.78, 5) is 15.0. The van der Waals surface area contributed by atoms with E-state index < -0.39 is 0 Å². The molecule has 1 N–H and O–H groups in total. The third kappa shape index (κ3) is 3.25. The molecule has 1 fully saturated rings. The van der Waals surface area contributed by atoms with Gasteiger partial charge in [0.25, 0.3) is 5.91 Å². The van der Waals surface area contributed by atoms with Crippen LogP contribution in [0.2, 0.25) is 0 Å². The van der Waals surface area contributed by atoms with Gasteiger partial charge in [0, 0.05) is 24.5 Å². The van der Waals surface area contributed by atoms with E-state index >= 15 is 0 Å². The van der Waals surface area contributed by atoms with Gasteiger partial charge in [-0.25, -0.2) is 4.68 Å². The lowest BCUT2D eigenvalue weighted by Gasteiger charge is -2.26. The first kappa shape index (κ1) is 18.1. The van der Waals surface area contributed by atoms with Crippen molar-refractivity contribution in [1.29, 1.82) is 0 Å². The zero-order valence-electron chi connectivity index (χ0n) is 16.6. The van der Waals surface area contributed by atoms with Gasteiger partial charge < -0.3 is 10.0 Å². The maximum atomic E-state index is 13.1. The summed E-state index contributed by atoms with van der Waals surface area (Å²) in [6.45, 7) is 2.71. The number of fused-ring (bicyclic) bond motifs is 1. The predicted octanol–water partition coefficient (Wildman–Crippen LogP) is 3.64. The molecule has 1 aliphatic heterocycles. The number of aryl methyl sites for hydroxylation is 1. The molecule has 29 heavy (non-hydrogen) atoms. The molecule has 3 aromatic rings. The number of amides is 1. The molecule has 0 radical (unpaired) electrons. The molecule has 0 saturated heterocycles. The summed E-state index contributed by atoms with van der Waals surface area (Å²) >= 11 is 0. The van der Waals surface area contributed by atoms with Crippen LogP contribution in [0.15, 0.2) is 54.9 Å². The lowest BCUT2D eigenvalue weighted by Crippen LogP contribution is -2.40. The fourth-order valence-corrected chi connectivity index (χ4v) is 4.77. The Bertz CT molecular complexity index is 1040. The van der Waals surface area contributed by atoms with Crippen molar-refractivity contribution < 1.29 is 9.90 Å². The van der Waals surface area contributed by atoms with Crippen LogP contribution in [0.5, 0.6) is 0 Å². The number of aliphatic hydroxyl groups excluding tert-OH is 1. The molecule has 5 nitrogen and oxygen atoms in total. The summed E-state index contributed by atoms with van der Waals surface area (Å²) in [5.41, 5.74) is 6.47. The van der Waals surface area contributed by atoms with E-state index in [0.29, 0.717) is 6.54 Å². The van der Waals surface area contributed by atoms with Crippen molar-refractivity contribution in [2.24, 2.45) is 0 Å². The molecule has 5 heteroatoms. The van der Waals surface area contributed by atoms with E-state index in [1.54, 1.807) is 6.20 Å². The summed E-state index contributed by atoms with van der Waals surface area (Å²) in [5, 5.41) is 14.5. The van der Waals surface area contributed by atoms with Crippen LogP contribution in [0, 0.1) is 6.92 Å². The lowest BCUT2D eigenvalue weighted by atomic mass is 9.96. The number of nitrogens with zero attached hydrogens (tertiary/aromatic N) is 3. The average Bonchev–Trinajstić information content (AvgIpc) is 3.45. The molecule has 148 valence electrons. The van der Waals surface area contributed by atoms with Crippen LogP contribution in [0.1, 0.15) is 51.9 Å².